The Morgan fingerprint density at radius 3 is 2.59 bits per heavy atom. The predicted molar refractivity (Wildman–Crippen MR) is 74.9 cm³/mol. The maximum atomic E-state index is 6.33. The van der Waals surface area contributed by atoms with Gasteiger partial charge in [0, 0.05) is 11.6 Å². The van der Waals surface area contributed by atoms with Gasteiger partial charge in [0.15, 0.2) is 0 Å². The van der Waals surface area contributed by atoms with Gasteiger partial charge in [0.25, 0.3) is 0 Å². The lowest BCUT2D eigenvalue weighted by Gasteiger charge is -2.37. The Labute approximate surface area is 114 Å². The van der Waals surface area contributed by atoms with Gasteiger partial charge in [0.05, 0.1) is 10.0 Å². The van der Waals surface area contributed by atoms with Gasteiger partial charge < -0.3 is 0 Å². The molecule has 1 heterocycles. The summed E-state index contributed by atoms with van der Waals surface area (Å²) in [5.74, 6) is 0. The van der Waals surface area contributed by atoms with Crippen molar-refractivity contribution in [1.29, 1.82) is 0 Å². The van der Waals surface area contributed by atoms with E-state index in [9.17, 15) is 0 Å². The molecule has 1 nitrogen and oxygen atoms in total. The molecule has 1 aromatic rings. The molecule has 1 aromatic carbocycles. The molecule has 1 aliphatic rings. The van der Waals surface area contributed by atoms with Gasteiger partial charge in [-0.3, -0.25) is 4.90 Å². The molecule has 0 amide bonds. The van der Waals surface area contributed by atoms with Gasteiger partial charge in [-0.15, -0.1) is 0 Å². The third-order valence-corrected chi connectivity index (χ3v) is 4.29. The van der Waals surface area contributed by atoms with Crippen LogP contribution in [0.4, 0.5) is 0 Å². The normalized spacial score (nSPS) is 22.1. The number of likely N-dealkylation sites (tertiary alicyclic amines) is 1. The zero-order valence-corrected chi connectivity index (χ0v) is 12.1. The minimum Gasteiger partial charge on any atom is -0.291 e. The molecule has 0 bridgehead atoms. The van der Waals surface area contributed by atoms with Crippen LogP contribution in [0.1, 0.15) is 45.2 Å². The molecule has 1 fully saturated rings. The van der Waals surface area contributed by atoms with Crippen LogP contribution in [-0.4, -0.2) is 17.0 Å². The Morgan fingerprint density at radius 2 is 1.94 bits per heavy atom. The van der Waals surface area contributed by atoms with Crippen molar-refractivity contribution in [3.05, 3.63) is 33.8 Å². The van der Waals surface area contributed by atoms with Crippen molar-refractivity contribution < 1.29 is 0 Å². The molecule has 3 heteroatoms. The van der Waals surface area contributed by atoms with Crippen molar-refractivity contribution in [3.63, 3.8) is 0 Å². The van der Waals surface area contributed by atoms with Gasteiger partial charge in [-0.2, -0.15) is 0 Å². The van der Waals surface area contributed by atoms with Crippen molar-refractivity contribution in [2.75, 3.05) is 6.54 Å². The van der Waals surface area contributed by atoms with Gasteiger partial charge in [0.2, 0.25) is 0 Å². The fourth-order valence-electron chi connectivity index (χ4n) is 2.67. The lowest BCUT2D eigenvalue weighted by Crippen LogP contribution is -2.40. The summed E-state index contributed by atoms with van der Waals surface area (Å²) < 4.78 is 0. The van der Waals surface area contributed by atoms with Gasteiger partial charge in [-0.25, -0.2) is 0 Å². The summed E-state index contributed by atoms with van der Waals surface area (Å²) in [7, 11) is 0. The van der Waals surface area contributed by atoms with E-state index in [0.29, 0.717) is 11.1 Å². The second-order valence-corrected chi connectivity index (χ2v) is 6.45. The summed E-state index contributed by atoms with van der Waals surface area (Å²) in [5.41, 5.74) is 1.35. The minimum atomic E-state index is 0.173. The molecule has 0 aliphatic carbocycles. The van der Waals surface area contributed by atoms with Crippen LogP contribution in [-0.2, 0) is 0 Å². The highest BCUT2D eigenvalue weighted by molar-refractivity contribution is 6.42. The molecule has 2 rings (SSSR count). The first-order valence-corrected chi connectivity index (χ1v) is 6.87. The third kappa shape index (κ3) is 2.62. The van der Waals surface area contributed by atoms with Crippen LogP contribution in [0.25, 0.3) is 0 Å². The molecule has 1 atom stereocenters. The Morgan fingerprint density at radius 1 is 1.24 bits per heavy atom. The summed E-state index contributed by atoms with van der Waals surface area (Å²) in [6.07, 6.45) is 2.39. The summed E-state index contributed by atoms with van der Waals surface area (Å²) in [6, 6.07) is 6.34. The van der Waals surface area contributed by atoms with Gasteiger partial charge in [-0.1, -0.05) is 35.3 Å². The van der Waals surface area contributed by atoms with Crippen LogP contribution in [0.2, 0.25) is 10.0 Å². The molecule has 0 N–H and O–H groups in total. The van der Waals surface area contributed by atoms with Gasteiger partial charge in [0.1, 0.15) is 0 Å². The van der Waals surface area contributed by atoms with Crippen molar-refractivity contribution in [1.82, 2.24) is 4.90 Å². The maximum Gasteiger partial charge on any atom is 0.0640 e. The van der Waals surface area contributed by atoms with E-state index >= 15 is 0 Å². The van der Waals surface area contributed by atoms with Crippen LogP contribution in [0, 0.1) is 0 Å². The van der Waals surface area contributed by atoms with Crippen LogP contribution in [0.5, 0.6) is 0 Å². The number of nitrogens with zero attached hydrogens (tertiary/aromatic N) is 1. The molecule has 0 saturated carbocycles. The van der Waals surface area contributed by atoms with Crippen LogP contribution < -0.4 is 0 Å². The first-order valence-electron chi connectivity index (χ1n) is 6.12. The monoisotopic (exact) mass is 271 g/mol. The zero-order valence-electron chi connectivity index (χ0n) is 10.6. The van der Waals surface area contributed by atoms with Crippen LogP contribution in [0.15, 0.2) is 18.2 Å². The summed E-state index contributed by atoms with van der Waals surface area (Å²) >= 11 is 12.4. The lowest BCUT2D eigenvalue weighted by molar-refractivity contribution is 0.122. The van der Waals surface area contributed by atoms with E-state index in [1.165, 1.54) is 12.0 Å². The van der Waals surface area contributed by atoms with E-state index in [2.05, 4.69) is 31.7 Å². The summed E-state index contributed by atoms with van der Waals surface area (Å²) in [5, 5.41) is 1.38. The molecule has 1 unspecified atom stereocenters. The fraction of sp³-hybridized carbons (Fsp3) is 0.571. The quantitative estimate of drug-likeness (QED) is 0.700. The summed E-state index contributed by atoms with van der Waals surface area (Å²) in [4.78, 5) is 2.52. The molecular formula is C14H19Cl2N. The van der Waals surface area contributed by atoms with Crippen LogP contribution in [0.3, 0.4) is 0 Å². The van der Waals surface area contributed by atoms with E-state index in [0.717, 1.165) is 18.0 Å². The number of benzene rings is 1. The number of halogens is 2. The largest absolute Gasteiger partial charge is 0.291 e. The van der Waals surface area contributed by atoms with Crippen molar-refractivity contribution in [2.45, 2.75) is 45.2 Å². The van der Waals surface area contributed by atoms with Crippen LogP contribution >= 0.6 is 23.2 Å². The maximum absolute atomic E-state index is 6.33. The smallest absolute Gasteiger partial charge is 0.0640 e. The van der Waals surface area contributed by atoms with Crippen molar-refractivity contribution in [3.8, 4) is 0 Å². The number of rotatable bonds is 1. The molecule has 0 aromatic heterocycles. The molecule has 17 heavy (non-hydrogen) atoms. The zero-order chi connectivity index (χ0) is 12.6. The summed E-state index contributed by atoms with van der Waals surface area (Å²) in [6.45, 7) is 7.90. The topological polar surface area (TPSA) is 3.24 Å². The van der Waals surface area contributed by atoms with E-state index in [1.54, 1.807) is 0 Å². The Kier molecular flexibility index (Phi) is 3.72. The first kappa shape index (κ1) is 13.2. The average molecular weight is 272 g/mol. The van der Waals surface area contributed by atoms with E-state index in [4.69, 9.17) is 23.2 Å². The molecule has 1 saturated heterocycles. The van der Waals surface area contributed by atoms with E-state index in [1.807, 2.05) is 12.1 Å². The second-order valence-electron chi connectivity index (χ2n) is 5.67. The predicted octanol–water partition coefficient (Wildman–Crippen LogP) is 4.93. The fourth-order valence-corrected chi connectivity index (χ4v) is 3.10. The molecule has 0 spiro atoms. The molecular weight excluding hydrogens is 253 g/mol. The Balaban J connectivity index is 2.36. The Bertz CT molecular complexity index is 409. The molecule has 0 radical (unpaired) electrons. The molecule has 1 aliphatic heterocycles. The molecule has 94 valence electrons. The average Bonchev–Trinajstić information content (AvgIpc) is 2.70. The van der Waals surface area contributed by atoms with Gasteiger partial charge in [-0.05, 0) is 51.8 Å². The highest BCUT2D eigenvalue weighted by Gasteiger charge is 2.34. The van der Waals surface area contributed by atoms with Crippen molar-refractivity contribution >= 4 is 23.2 Å². The Hall–Kier alpha value is -0.240. The van der Waals surface area contributed by atoms with Gasteiger partial charge >= 0.3 is 0 Å². The second kappa shape index (κ2) is 4.79. The third-order valence-electron chi connectivity index (χ3n) is 3.45. The first-order chi connectivity index (χ1) is 7.91. The van der Waals surface area contributed by atoms with E-state index < -0.39 is 0 Å². The number of hydrogen-bond donors (Lipinski definition) is 0. The van der Waals surface area contributed by atoms with Crippen molar-refractivity contribution in [2.24, 2.45) is 0 Å². The highest BCUT2D eigenvalue weighted by Crippen LogP contribution is 2.41. The van der Waals surface area contributed by atoms with E-state index in [-0.39, 0.29) is 5.54 Å². The minimum absolute atomic E-state index is 0.173. The lowest BCUT2D eigenvalue weighted by atomic mass is 9.99. The highest BCUT2D eigenvalue weighted by atomic mass is 35.5. The standard InChI is InChI=1S/C14H19Cl2N/c1-14(2,3)17-9-5-8-12(17)10-6-4-7-11(15)13(10)16/h4,6-7,12H,5,8-9H2,1-3H3. The SMILES string of the molecule is CC(C)(C)N1CCCC1c1cccc(Cl)c1Cl. The number of hydrogen-bond acceptors (Lipinski definition) is 1.